The van der Waals surface area contributed by atoms with Gasteiger partial charge in [0.25, 0.3) is 0 Å². The van der Waals surface area contributed by atoms with E-state index in [1.807, 2.05) is 0 Å². The maximum absolute atomic E-state index is 12.8. The van der Waals surface area contributed by atoms with Crippen molar-refractivity contribution in [2.24, 2.45) is 34.5 Å². The highest BCUT2D eigenvalue weighted by atomic mass is 16.6. The Morgan fingerprint density at radius 2 is 1.79 bits per heavy atom. The Balaban J connectivity index is 1.61. The molecule has 5 aliphatic rings. The Morgan fingerprint density at radius 3 is 2.45 bits per heavy atom. The Bertz CT molecular complexity index is 829. The fourth-order valence-electron chi connectivity index (χ4n) is 8.39. The zero-order valence-electron chi connectivity index (χ0n) is 17.7. The van der Waals surface area contributed by atoms with Crippen molar-refractivity contribution in [1.29, 1.82) is 0 Å². The van der Waals surface area contributed by atoms with Gasteiger partial charge in [-0.2, -0.15) is 0 Å². The molecular formula is C24H32O5. The summed E-state index contributed by atoms with van der Waals surface area (Å²) in [4.78, 5) is 37.0. The summed E-state index contributed by atoms with van der Waals surface area (Å²) in [7, 11) is 0. The summed E-state index contributed by atoms with van der Waals surface area (Å²) in [6, 6.07) is 0. The van der Waals surface area contributed by atoms with Crippen molar-refractivity contribution in [3.05, 3.63) is 11.6 Å². The number of esters is 1. The third-order valence-electron chi connectivity index (χ3n) is 9.89. The van der Waals surface area contributed by atoms with E-state index in [4.69, 9.17) is 4.74 Å². The molecule has 1 spiro atoms. The van der Waals surface area contributed by atoms with E-state index in [1.165, 1.54) is 0 Å². The predicted octanol–water partition coefficient (Wildman–Crippen LogP) is 3.38. The first-order valence-electron chi connectivity index (χ1n) is 11.3. The number of hydrogen-bond donors (Lipinski definition) is 1. The van der Waals surface area contributed by atoms with Crippen LogP contribution < -0.4 is 0 Å². The lowest BCUT2D eigenvalue weighted by Crippen LogP contribution is -2.61. The van der Waals surface area contributed by atoms with E-state index >= 15 is 0 Å². The van der Waals surface area contributed by atoms with Crippen molar-refractivity contribution in [2.75, 3.05) is 0 Å². The number of aliphatic hydroxyl groups is 1. The molecule has 0 amide bonds. The summed E-state index contributed by atoms with van der Waals surface area (Å²) >= 11 is 0. The van der Waals surface area contributed by atoms with E-state index < -0.39 is 17.6 Å². The van der Waals surface area contributed by atoms with Gasteiger partial charge >= 0.3 is 5.97 Å². The summed E-state index contributed by atoms with van der Waals surface area (Å²) < 4.78 is 5.99. The lowest BCUT2D eigenvalue weighted by molar-refractivity contribution is -0.178. The minimum absolute atomic E-state index is 0.0158. The first-order valence-corrected chi connectivity index (χ1v) is 11.3. The Morgan fingerprint density at radius 1 is 1.07 bits per heavy atom. The topological polar surface area (TPSA) is 80.7 Å². The van der Waals surface area contributed by atoms with Crippen molar-refractivity contribution in [3.8, 4) is 0 Å². The monoisotopic (exact) mass is 400 g/mol. The average Bonchev–Trinajstić information content (AvgIpc) is 3.17. The van der Waals surface area contributed by atoms with Crippen molar-refractivity contribution in [1.82, 2.24) is 0 Å². The van der Waals surface area contributed by atoms with E-state index in [-0.39, 0.29) is 46.1 Å². The number of ether oxygens (including phenoxy) is 1. The summed E-state index contributed by atoms with van der Waals surface area (Å²) in [5, 5.41) is 11.3. The van der Waals surface area contributed by atoms with Crippen LogP contribution in [-0.4, -0.2) is 34.3 Å². The van der Waals surface area contributed by atoms with Crippen molar-refractivity contribution in [2.45, 2.75) is 83.8 Å². The summed E-state index contributed by atoms with van der Waals surface area (Å²) in [6.45, 7) is 6.05. The third-order valence-corrected chi connectivity index (χ3v) is 9.89. The first kappa shape index (κ1) is 19.5. The van der Waals surface area contributed by atoms with E-state index in [0.29, 0.717) is 12.8 Å². The molecule has 4 fully saturated rings. The number of hydrogen-bond acceptors (Lipinski definition) is 5. The maximum atomic E-state index is 12.8. The van der Waals surface area contributed by atoms with E-state index in [1.54, 1.807) is 13.0 Å². The zero-order valence-corrected chi connectivity index (χ0v) is 17.7. The molecule has 0 radical (unpaired) electrons. The second-order valence-corrected chi connectivity index (χ2v) is 10.8. The smallest absolute Gasteiger partial charge is 0.306 e. The molecule has 0 bridgehead atoms. The van der Waals surface area contributed by atoms with Gasteiger partial charge in [0, 0.05) is 18.3 Å². The van der Waals surface area contributed by atoms with E-state index in [2.05, 4.69) is 13.8 Å². The van der Waals surface area contributed by atoms with Crippen molar-refractivity contribution in [3.63, 3.8) is 0 Å². The number of carbonyl (C=O) groups excluding carboxylic acids is 3. The molecule has 1 saturated heterocycles. The highest BCUT2D eigenvalue weighted by molar-refractivity contribution is 5.92. The van der Waals surface area contributed by atoms with Gasteiger partial charge in [0.15, 0.2) is 5.78 Å². The normalized spacial score (nSPS) is 51.2. The molecule has 0 aromatic rings. The summed E-state index contributed by atoms with van der Waals surface area (Å²) in [5.74, 6) is 0.134. The lowest BCUT2D eigenvalue weighted by Gasteiger charge is -2.62. The molecule has 5 heteroatoms. The van der Waals surface area contributed by atoms with Gasteiger partial charge in [0.1, 0.15) is 11.4 Å². The van der Waals surface area contributed by atoms with Crippen LogP contribution >= 0.6 is 0 Å². The molecule has 29 heavy (non-hydrogen) atoms. The van der Waals surface area contributed by atoms with E-state index in [0.717, 1.165) is 44.1 Å². The molecule has 3 saturated carbocycles. The quantitative estimate of drug-likeness (QED) is 0.683. The highest BCUT2D eigenvalue weighted by Crippen LogP contribution is 2.70. The molecule has 5 rings (SSSR count). The summed E-state index contributed by atoms with van der Waals surface area (Å²) in [6.07, 6.45) is 7.03. The fraction of sp³-hybridized carbons (Fsp3) is 0.792. The summed E-state index contributed by atoms with van der Waals surface area (Å²) in [5.41, 5.74) is 0.0215. The van der Waals surface area contributed by atoms with Gasteiger partial charge < -0.3 is 9.84 Å². The second kappa shape index (κ2) is 6.03. The van der Waals surface area contributed by atoms with Crippen LogP contribution in [0, 0.1) is 34.5 Å². The van der Waals surface area contributed by atoms with Gasteiger partial charge in [0.2, 0.25) is 0 Å². The van der Waals surface area contributed by atoms with Gasteiger partial charge in [-0.3, -0.25) is 14.4 Å². The van der Waals surface area contributed by atoms with Crippen LogP contribution in [0.4, 0.5) is 0 Å². The number of fused-ring (bicyclic) bond motifs is 6. The largest absolute Gasteiger partial charge is 0.458 e. The Labute approximate surface area is 172 Å². The maximum Gasteiger partial charge on any atom is 0.306 e. The van der Waals surface area contributed by atoms with E-state index in [9.17, 15) is 19.5 Å². The van der Waals surface area contributed by atoms with Gasteiger partial charge in [-0.05, 0) is 80.3 Å². The van der Waals surface area contributed by atoms with Gasteiger partial charge in [0.05, 0.1) is 12.0 Å². The number of Topliss-reactive ketones (excluding diaryl/α,β-unsaturated/α-hetero) is 1. The molecule has 5 nitrogen and oxygen atoms in total. The standard InChI is InChI=1S/C24H32O5/c1-13(25)19-20-15(22(2)8-4-14(26)12-17(22)21(19)28)5-9-23(3)16(20)6-10-24(23)11-7-18(27)29-24/h12,15-16,19-21,28H,4-11H2,1-3H3/t15-,16-,19?,20+,21-,22+,23-,24+/m0/s1. The SMILES string of the molecule is CC(=O)C1[C@@H]2[C@H](CC[C@@]3(C)[C@H]2CC[C@@]32CCC(=O)O2)[C@@]2(C)CCC(=O)C=C2[C@@H]1O. The minimum atomic E-state index is -0.881. The third kappa shape index (κ3) is 2.34. The molecule has 0 aromatic heterocycles. The van der Waals surface area contributed by atoms with Crippen LogP contribution in [0.5, 0.6) is 0 Å². The molecule has 1 unspecified atom stereocenters. The molecule has 1 aliphatic heterocycles. The van der Waals surface area contributed by atoms with Gasteiger partial charge in [-0.15, -0.1) is 0 Å². The predicted molar refractivity (Wildman–Crippen MR) is 106 cm³/mol. The molecular weight excluding hydrogens is 368 g/mol. The number of carbonyl (C=O) groups is 3. The second-order valence-electron chi connectivity index (χ2n) is 10.8. The van der Waals surface area contributed by atoms with Crippen LogP contribution in [0.25, 0.3) is 0 Å². The van der Waals surface area contributed by atoms with Gasteiger partial charge in [-0.1, -0.05) is 13.8 Å². The molecule has 1 heterocycles. The molecule has 158 valence electrons. The number of ketones is 2. The first-order chi connectivity index (χ1) is 13.6. The lowest BCUT2D eigenvalue weighted by atomic mass is 9.43. The van der Waals surface area contributed by atoms with Gasteiger partial charge in [-0.25, -0.2) is 0 Å². The Hall–Kier alpha value is -1.49. The van der Waals surface area contributed by atoms with Crippen molar-refractivity contribution >= 4 is 17.5 Å². The minimum Gasteiger partial charge on any atom is -0.458 e. The fourth-order valence-corrected chi connectivity index (χ4v) is 8.39. The van der Waals surface area contributed by atoms with Crippen LogP contribution in [0.1, 0.15) is 72.1 Å². The molecule has 8 atom stereocenters. The zero-order chi connectivity index (χ0) is 20.8. The molecule has 1 N–H and O–H groups in total. The van der Waals surface area contributed by atoms with Crippen LogP contribution in [0.2, 0.25) is 0 Å². The molecule has 0 aromatic carbocycles. The van der Waals surface area contributed by atoms with Crippen LogP contribution in [0.3, 0.4) is 0 Å². The van der Waals surface area contributed by atoms with Crippen LogP contribution in [-0.2, 0) is 19.1 Å². The van der Waals surface area contributed by atoms with Crippen molar-refractivity contribution < 1.29 is 24.2 Å². The number of rotatable bonds is 1. The Kier molecular flexibility index (Phi) is 4.05. The van der Waals surface area contributed by atoms with Crippen LogP contribution in [0.15, 0.2) is 11.6 Å². The molecule has 4 aliphatic carbocycles. The average molecular weight is 401 g/mol. The number of aliphatic hydroxyl groups excluding tert-OH is 1. The highest BCUT2D eigenvalue weighted by Gasteiger charge is 2.69.